The standard InChI is InChI=1S/C10H13ClN6/c1-15-2-4-16(5-3-15)9-8-6-14-17(11)10(8)13-7-12-9/h6-7H,2-5H2,1H3. The lowest BCUT2D eigenvalue weighted by Gasteiger charge is -2.33. The lowest BCUT2D eigenvalue weighted by atomic mass is 10.3. The normalized spacial score (nSPS) is 17.9. The lowest BCUT2D eigenvalue weighted by Crippen LogP contribution is -2.44. The first-order valence-corrected chi connectivity index (χ1v) is 5.88. The van der Waals surface area contributed by atoms with Gasteiger partial charge in [0, 0.05) is 38.0 Å². The molecule has 0 atom stereocenters. The number of piperazine rings is 1. The molecule has 2 aromatic heterocycles. The number of hydrogen-bond donors (Lipinski definition) is 0. The average molecular weight is 253 g/mol. The van der Waals surface area contributed by atoms with Gasteiger partial charge < -0.3 is 9.80 Å². The van der Waals surface area contributed by atoms with Crippen molar-refractivity contribution in [1.29, 1.82) is 0 Å². The van der Waals surface area contributed by atoms with Crippen LogP contribution in [0.25, 0.3) is 11.0 Å². The molecule has 0 N–H and O–H groups in total. The van der Waals surface area contributed by atoms with E-state index < -0.39 is 0 Å². The highest BCUT2D eigenvalue weighted by atomic mass is 35.5. The molecule has 7 heteroatoms. The lowest BCUT2D eigenvalue weighted by molar-refractivity contribution is 0.312. The number of anilines is 1. The van der Waals surface area contributed by atoms with Crippen LogP contribution in [0.3, 0.4) is 0 Å². The maximum Gasteiger partial charge on any atom is 0.181 e. The Morgan fingerprint density at radius 3 is 2.71 bits per heavy atom. The molecule has 1 fully saturated rings. The molecule has 0 unspecified atom stereocenters. The van der Waals surface area contributed by atoms with Gasteiger partial charge in [-0.1, -0.05) is 0 Å². The van der Waals surface area contributed by atoms with Crippen LogP contribution in [0, 0.1) is 0 Å². The predicted molar refractivity (Wildman–Crippen MR) is 66.3 cm³/mol. The van der Waals surface area contributed by atoms with E-state index in [1.165, 1.54) is 10.5 Å². The van der Waals surface area contributed by atoms with E-state index in [2.05, 4.69) is 31.9 Å². The van der Waals surface area contributed by atoms with Crippen LogP contribution in [0.4, 0.5) is 5.82 Å². The number of hydrogen-bond acceptors (Lipinski definition) is 5. The van der Waals surface area contributed by atoms with Crippen molar-refractivity contribution in [2.45, 2.75) is 0 Å². The van der Waals surface area contributed by atoms with Crippen LogP contribution in [0.5, 0.6) is 0 Å². The summed E-state index contributed by atoms with van der Waals surface area (Å²) in [5.74, 6) is 0.926. The fraction of sp³-hybridized carbons (Fsp3) is 0.500. The highest BCUT2D eigenvalue weighted by Crippen LogP contribution is 2.23. The van der Waals surface area contributed by atoms with Crippen LogP contribution < -0.4 is 4.90 Å². The molecule has 0 amide bonds. The zero-order valence-electron chi connectivity index (χ0n) is 9.54. The third-order valence-electron chi connectivity index (χ3n) is 3.11. The van der Waals surface area contributed by atoms with Gasteiger partial charge >= 0.3 is 0 Å². The van der Waals surface area contributed by atoms with E-state index >= 15 is 0 Å². The molecule has 3 rings (SSSR count). The Morgan fingerprint density at radius 2 is 1.94 bits per heavy atom. The van der Waals surface area contributed by atoms with Crippen molar-refractivity contribution in [3.8, 4) is 0 Å². The minimum absolute atomic E-state index is 0.663. The van der Waals surface area contributed by atoms with E-state index in [0.717, 1.165) is 37.4 Å². The Hall–Kier alpha value is -1.40. The summed E-state index contributed by atoms with van der Waals surface area (Å²) in [5.41, 5.74) is 0.663. The molecule has 3 heterocycles. The molecule has 90 valence electrons. The molecule has 0 radical (unpaired) electrons. The number of aromatic nitrogens is 4. The summed E-state index contributed by atoms with van der Waals surface area (Å²) in [5, 5.41) is 4.92. The van der Waals surface area contributed by atoms with Gasteiger partial charge in [0.15, 0.2) is 5.65 Å². The van der Waals surface area contributed by atoms with Crippen LogP contribution in [0.2, 0.25) is 0 Å². The van der Waals surface area contributed by atoms with Crippen LogP contribution in [-0.4, -0.2) is 57.4 Å². The van der Waals surface area contributed by atoms with Gasteiger partial charge in [-0.3, -0.25) is 0 Å². The molecule has 0 spiro atoms. The molecule has 0 saturated carbocycles. The molecule has 1 saturated heterocycles. The zero-order valence-corrected chi connectivity index (χ0v) is 10.3. The smallest absolute Gasteiger partial charge is 0.181 e. The van der Waals surface area contributed by atoms with Crippen molar-refractivity contribution < 1.29 is 0 Å². The number of rotatable bonds is 1. The molecular weight excluding hydrogens is 240 g/mol. The zero-order chi connectivity index (χ0) is 11.8. The second-order valence-electron chi connectivity index (χ2n) is 4.23. The average Bonchev–Trinajstić information content (AvgIpc) is 2.73. The fourth-order valence-corrected chi connectivity index (χ4v) is 2.25. The number of nitrogens with zero attached hydrogens (tertiary/aromatic N) is 6. The summed E-state index contributed by atoms with van der Waals surface area (Å²) < 4.78 is 1.26. The highest BCUT2D eigenvalue weighted by Gasteiger charge is 2.19. The number of fused-ring (bicyclic) bond motifs is 1. The third-order valence-corrected chi connectivity index (χ3v) is 3.36. The molecule has 0 aliphatic carbocycles. The highest BCUT2D eigenvalue weighted by molar-refractivity contribution is 6.18. The quantitative estimate of drug-likeness (QED) is 0.743. The summed E-state index contributed by atoms with van der Waals surface area (Å²) in [7, 11) is 2.13. The van der Waals surface area contributed by atoms with Gasteiger partial charge in [0.1, 0.15) is 12.1 Å². The van der Waals surface area contributed by atoms with Gasteiger partial charge in [-0.25, -0.2) is 9.97 Å². The fourth-order valence-electron chi connectivity index (χ4n) is 2.07. The molecule has 2 aromatic rings. The molecule has 1 aliphatic rings. The summed E-state index contributed by atoms with van der Waals surface area (Å²) in [6.45, 7) is 4.02. The summed E-state index contributed by atoms with van der Waals surface area (Å²) in [6, 6.07) is 0. The number of halogens is 1. The van der Waals surface area contributed by atoms with Crippen LogP contribution in [-0.2, 0) is 0 Å². The maximum absolute atomic E-state index is 5.90. The second-order valence-corrected chi connectivity index (χ2v) is 4.55. The van der Waals surface area contributed by atoms with E-state index in [4.69, 9.17) is 11.8 Å². The molecule has 17 heavy (non-hydrogen) atoms. The Labute approximate surface area is 104 Å². The van der Waals surface area contributed by atoms with Crippen molar-refractivity contribution in [1.82, 2.24) is 24.2 Å². The van der Waals surface area contributed by atoms with E-state index in [-0.39, 0.29) is 0 Å². The molecule has 1 aliphatic heterocycles. The minimum Gasteiger partial charge on any atom is -0.353 e. The monoisotopic (exact) mass is 252 g/mol. The van der Waals surface area contributed by atoms with Crippen molar-refractivity contribution >= 4 is 28.6 Å². The van der Waals surface area contributed by atoms with Crippen molar-refractivity contribution in [2.24, 2.45) is 0 Å². The largest absolute Gasteiger partial charge is 0.353 e. The molecule has 0 bridgehead atoms. The third kappa shape index (κ3) is 1.83. The first-order valence-electron chi connectivity index (χ1n) is 5.54. The Morgan fingerprint density at radius 1 is 1.18 bits per heavy atom. The summed E-state index contributed by atoms with van der Waals surface area (Å²) in [6.07, 6.45) is 3.26. The van der Waals surface area contributed by atoms with Gasteiger partial charge in [-0.05, 0) is 7.05 Å². The number of likely N-dealkylation sites (N-methyl/N-ethyl adjacent to an activating group) is 1. The molecular formula is C10H13ClN6. The Kier molecular flexibility index (Phi) is 2.60. The molecule has 6 nitrogen and oxygen atoms in total. The van der Waals surface area contributed by atoms with E-state index in [1.807, 2.05) is 0 Å². The van der Waals surface area contributed by atoms with Gasteiger partial charge in [0.25, 0.3) is 0 Å². The van der Waals surface area contributed by atoms with E-state index in [1.54, 1.807) is 6.20 Å². The van der Waals surface area contributed by atoms with E-state index in [9.17, 15) is 0 Å². The summed E-state index contributed by atoms with van der Waals surface area (Å²) in [4.78, 5) is 13.0. The SMILES string of the molecule is CN1CCN(c2ncnc3c2cnn3Cl)CC1. The summed E-state index contributed by atoms with van der Waals surface area (Å²) >= 11 is 5.90. The van der Waals surface area contributed by atoms with Crippen LogP contribution in [0.15, 0.2) is 12.5 Å². The second kappa shape index (κ2) is 4.12. The topological polar surface area (TPSA) is 50.1 Å². The van der Waals surface area contributed by atoms with Gasteiger partial charge in [0.2, 0.25) is 0 Å². The van der Waals surface area contributed by atoms with Gasteiger partial charge in [-0.2, -0.15) is 9.30 Å². The molecule has 0 aromatic carbocycles. The maximum atomic E-state index is 5.90. The minimum atomic E-state index is 0.663. The Bertz CT molecular complexity index is 531. The predicted octanol–water partition coefficient (Wildman–Crippen LogP) is 0.580. The van der Waals surface area contributed by atoms with Gasteiger partial charge in [-0.15, -0.1) is 0 Å². The first-order chi connectivity index (χ1) is 8.25. The van der Waals surface area contributed by atoms with Crippen molar-refractivity contribution in [3.05, 3.63) is 12.5 Å². The Balaban J connectivity index is 2.00. The van der Waals surface area contributed by atoms with Crippen molar-refractivity contribution in [3.63, 3.8) is 0 Å². The van der Waals surface area contributed by atoms with Crippen LogP contribution >= 0.6 is 11.8 Å². The van der Waals surface area contributed by atoms with Crippen molar-refractivity contribution in [2.75, 3.05) is 38.1 Å². The van der Waals surface area contributed by atoms with E-state index in [0.29, 0.717) is 5.65 Å². The van der Waals surface area contributed by atoms with Crippen LogP contribution in [0.1, 0.15) is 0 Å². The van der Waals surface area contributed by atoms with Gasteiger partial charge in [0.05, 0.1) is 11.6 Å². The first kappa shape index (κ1) is 10.7.